The second-order valence-electron chi connectivity index (χ2n) is 3.16. The number of rotatable bonds is 2. The Bertz CT molecular complexity index is 545. The van der Waals surface area contributed by atoms with Crippen LogP contribution in [0.2, 0.25) is 0 Å². The van der Waals surface area contributed by atoms with Gasteiger partial charge in [-0.1, -0.05) is 6.07 Å². The number of hydrogen-bond acceptors (Lipinski definition) is 3. The molecule has 0 radical (unpaired) electrons. The minimum absolute atomic E-state index is 0.278. The fourth-order valence-corrected chi connectivity index (χ4v) is 1.83. The highest BCUT2D eigenvalue weighted by molar-refractivity contribution is 14.1. The van der Waals surface area contributed by atoms with Gasteiger partial charge in [-0.05, 0) is 62.8 Å². The molecule has 86 valence electrons. The van der Waals surface area contributed by atoms with Gasteiger partial charge in [-0.25, -0.2) is 9.97 Å². The average Bonchev–Trinajstić information content (AvgIpc) is 2.32. The van der Waals surface area contributed by atoms with Crippen LogP contribution >= 0.6 is 38.5 Å². The zero-order valence-electron chi connectivity index (χ0n) is 8.52. The molecule has 4 nitrogen and oxygen atoms in total. The molecule has 6 heteroatoms. The van der Waals surface area contributed by atoms with E-state index in [1.54, 1.807) is 30.5 Å². The first-order valence-corrected chi connectivity index (χ1v) is 6.58. The average molecular weight is 404 g/mol. The molecular formula is C11H7BrIN3O. The van der Waals surface area contributed by atoms with Crippen LogP contribution < -0.4 is 5.32 Å². The second-order valence-corrected chi connectivity index (χ2v) is 5.22. The lowest BCUT2D eigenvalue weighted by molar-refractivity contribution is 0.102. The predicted octanol–water partition coefficient (Wildman–Crippen LogP) is 3.10. The van der Waals surface area contributed by atoms with E-state index < -0.39 is 0 Å². The van der Waals surface area contributed by atoms with Crippen LogP contribution in [0.4, 0.5) is 5.82 Å². The van der Waals surface area contributed by atoms with E-state index >= 15 is 0 Å². The van der Waals surface area contributed by atoms with Gasteiger partial charge in [0.1, 0.15) is 16.1 Å². The van der Waals surface area contributed by atoms with Crippen molar-refractivity contribution in [3.05, 3.63) is 50.4 Å². The maximum absolute atomic E-state index is 11.8. The molecule has 0 spiro atoms. The summed E-state index contributed by atoms with van der Waals surface area (Å²) in [5.74, 6) is 0.234. The number of hydrogen-bond donors (Lipinski definition) is 1. The number of nitrogens with zero attached hydrogens (tertiary/aromatic N) is 2. The van der Waals surface area contributed by atoms with Gasteiger partial charge in [0.2, 0.25) is 0 Å². The highest BCUT2D eigenvalue weighted by Gasteiger charge is 2.08. The molecular weight excluding hydrogens is 397 g/mol. The predicted molar refractivity (Wildman–Crippen MR) is 76.8 cm³/mol. The smallest absolute Gasteiger partial charge is 0.275 e. The van der Waals surface area contributed by atoms with Crippen molar-refractivity contribution in [2.45, 2.75) is 0 Å². The molecule has 0 bridgehead atoms. The Morgan fingerprint density at radius 1 is 1.29 bits per heavy atom. The third-order valence-corrected chi connectivity index (χ3v) is 3.00. The topological polar surface area (TPSA) is 54.9 Å². The van der Waals surface area contributed by atoms with E-state index in [9.17, 15) is 4.79 Å². The fraction of sp³-hybridized carbons (Fsp3) is 0. The Balaban J connectivity index is 2.14. The molecule has 2 heterocycles. The summed E-state index contributed by atoms with van der Waals surface area (Å²) in [4.78, 5) is 20.0. The Hall–Kier alpha value is -1.02. The van der Waals surface area contributed by atoms with Gasteiger partial charge in [-0.3, -0.25) is 4.79 Å². The summed E-state index contributed by atoms with van der Waals surface area (Å²) in [5, 5.41) is 2.68. The molecule has 1 N–H and O–H groups in total. The largest absolute Gasteiger partial charge is 0.305 e. The lowest BCUT2D eigenvalue weighted by atomic mass is 10.3. The molecule has 2 rings (SSSR count). The summed E-state index contributed by atoms with van der Waals surface area (Å²) < 4.78 is 1.64. The van der Waals surface area contributed by atoms with Crippen molar-refractivity contribution >= 4 is 50.2 Å². The summed E-state index contributed by atoms with van der Waals surface area (Å²) >= 11 is 5.37. The van der Waals surface area contributed by atoms with Crippen molar-refractivity contribution in [2.75, 3.05) is 5.32 Å². The standard InChI is InChI=1S/C11H7BrIN3O/c12-9-3-1-2-8(15-9)11(17)16-10-5-4-7(13)6-14-10/h1-6H,(H,14,16,17). The van der Waals surface area contributed by atoms with Crippen molar-refractivity contribution in [3.8, 4) is 0 Å². The van der Waals surface area contributed by atoms with Gasteiger partial charge in [0.15, 0.2) is 0 Å². The van der Waals surface area contributed by atoms with E-state index in [0.717, 1.165) is 3.57 Å². The molecule has 0 atom stereocenters. The quantitative estimate of drug-likeness (QED) is 0.619. The number of aromatic nitrogens is 2. The normalized spacial score (nSPS) is 10.0. The first-order chi connectivity index (χ1) is 8.15. The Morgan fingerprint density at radius 3 is 2.76 bits per heavy atom. The van der Waals surface area contributed by atoms with Gasteiger partial charge in [0, 0.05) is 9.77 Å². The number of anilines is 1. The SMILES string of the molecule is O=C(Nc1ccc(I)cn1)c1cccc(Br)n1. The van der Waals surface area contributed by atoms with Crippen LogP contribution in [0.3, 0.4) is 0 Å². The minimum Gasteiger partial charge on any atom is -0.305 e. The van der Waals surface area contributed by atoms with Crippen molar-refractivity contribution in [3.63, 3.8) is 0 Å². The maximum atomic E-state index is 11.8. The maximum Gasteiger partial charge on any atom is 0.275 e. The molecule has 1 amide bonds. The van der Waals surface area contributed by atoms with Crippen LogP contribution in [-0.4, -0.2) is 15.9 Å². The number of halogens is 2. The first kappa shape index (κ1) is 12.4. The van der Waals surface area contributed by atoms with Crippen LogP contribution in [0, 0.1) is 3.57 Å². The zero-order valence-corrected chi connectivity index (χ0v) is 12.3. The minimum atomic E-state index is -0.278. The van der Waals surface area contributed by atoms with Crippen LogP contribution in [0.1, 0.15) is 10.5 Å². The van der Waals surface area contributed by atoms with Crippen LogP contribution in [0.15, 0.2) is 41.1 Å². The first-order valence-electron chi connectivity index (χ1n) is 4.70. The van der Waals surface area contributed by atoms with E-state index in [2.05, 4.69) is 53.8 Å². The van der Waals surface area contributed by atoms with Gasteiger partial charge in [-0.15, -0.1) is 0 Å². The van der Waals surface area contributed by atoms with Crippen molar-refractivity contribution in [1.82, 2.24) is 9.97 Å². The summed E-state index contributed by atoms with van der Waals surface area (Å²) in [6.45, 7) is 0. The van der Waals surface area contributed by atoms with E-state index in [4.69, 9.17) is 0 Å². The zero-order chi connectivity index (χ0) is 12.3. The van der Waals surface area contributed by atoms with Crippen molar-refractivity contribution < 1.29 is 4.79 Å². The fourth-order valence-electron chi connectivity index (χ4n) is 1.16. The third-order valence-electron chi connectivity index (χ3n) is 1.92. The summed E-state index contributed by atoms with van der Waals surface area (Å²) in [5.41, 5.74) is 0.347. The molecule has 0 fully saturated rings. The molecule has 0 saturated carbocycles. The van der Waals surface area contributed by atoms with Crippen LogP contribution in [0.5, 0.6) is 0 Å². The number of carbonyl (C=O) groups excluding carboxylic acids is 1. The summed E-state index contributed by atoms with van der Waals surface area (Å²) in [7, 11) is 0. The van der Waals surface area contributed by atoms with E-state index in [0.29, 0.717) is 16.1 Å². The number of carbonyl (C=O) groups is 1. The summed E-state index contributed by atoms with van der Waals surface area (Å²) in [6, 6.07) is 8.79. The van der Waals surface area contributed by atoms with E-state index in [1.807, 2.05) is 6.07 Å². The third kappa shape index (κ3) is 3.47. The molecule has 2 aromatic rings. The molecule has 0 aliphatic carbocycles. The lowest BCUT2D eigenvalue weighted by Gasteiger charge is -2.03. The van der Waals surface area contributed by atoms with Gasteiger partial charge < -0.3 is 5.32 Å². The highest BCUT2D eigenvalue weighted by atomic mass is 127. The second kappa shape index (κ2) is 5.54. The van der Waals surface area contributed by atoms with Crippen LogP contribution in [0.25, 0.3) is 0 Å². The highest BCUT2D eigenvalue weighted by Crippen LogP contribution is 2.10. The van der Waals surface area contributed by atoms with Crippen molar-refractivity contribution in [1.29, 1.82) is 0 Å². The Kier molecular flexibility index (Phi) is 4.06. The van der Waals surface area contributed by atoms with Gasteiger partial charge in [0.25, 0.3) is 5.91 Å². The molecule has 0 unspecified atom stereocenters. The molecule has 17 heavy (non-hydrogen) atoms. The number of nitrogens with one attached hydrogen (secondary N) is 1. The van der Waals surface area contributed by atoms with Gasteiger partial charge in [0.05, 0.1) is 0 Å². The van der Waals surface area contributed by atoms with Crippen molar-refractivity contribution in [2.24, 2.45) is 0 Å². The van der Waals surface area contributed by atoms with E-state index in [-0.39, 0.29) is 5.91 Å². The van der Waals surface area contributed by atoms with Gasteiger partial charge >= 0.3 is 0 Å². The van der Waals surface area contributed by atoms with E-state index in [1.165, 1.54) is 0 Å². The molecule has 0 aliphatic heterocycles. The molecule has 2 aromatic heterocycles. The number of amides is 1. The molecule has 0 aromatic carbocycles. The Labute approximate surface area is 120 Å². The lowest BCUT2D eigenvalue weighted by Crippen LogP contribution is -2.14. The number of pyridine rings is 2. The summed E-state index contributed by atoms with van der Waals surface area (Å²) in [6.07, 6.45) is 1.69. The van der Waals surface area contributed by atoms with Gasteiger partial charge in [-0.2, -0.15) is 0 Å². The Morgan fingerprint density at radius 2 is 2.12 bits per heavy atom. The monoisotopic (exact) mass is 403 g/mol. The molecule has 0 saturated heterocycles. The molecule has 0 aliphatic rings. The van der Waals surface area contributed by atoms with Crippen LogP contribution in [-0.2, 0) is 0 Å².